The minimum absolute atomic E-state index is 0.140. The molecule has 1 N–H and O–H groups in total. The fraction of sp³-hybridized carbons (Fsp3) is 0.500. The summed E-state index contributed by atoms with van der Waals surface area (Å²) in [6.07, 6.45) is -0.553. The molecule has 1 rings (SSSR count). The van der Waals surface area contributed by atoms with Gasteiger partial charge in [-0.25, -0.2) is 0 Å². The monoisotopic (exact) mass is 259 g/mol. The molecule has 1 aromatic heterocycles. The SMILES string of the molecule is CCOC(=O)[N+](C)(C)c1nc(CC(=O)O)cs1. The van der Waals surface area contributed by atoms with Crippen molar-refractivity contribution in [1.82, 2.24) is 9.47 Å². The number of hydrogen-bond acceptors (Lipinski definition) is 5. The number of carboxylic acids is 1. The first kappa shape index (κ1) is 13.6. The minimum atomic E-state index is -0.941. The number of carbonyl (C=O) groups excluding carboxylic acids is 1. The topological polar surface area (TPSA) is 76.5 Å². The minimum Gasteiger partial charge on any atom is -0.481 e. The second kappa shape index (κ2) is 5.24. The first-order chi connectivity index (χ1) is 7.87. The van der Waals surface area contributed by atoms with Crippen molar-refractivity contribution in [3.05, 3.63) is 11.1 Å². The average Bonchev–Trinajstić information content (AvgIpc) is 2.66. The lowest BCUT2D eigenvalue weighted by molar-refractivity contribution is -0.136. The van der Waals surface area contributed by atoms with E-state index in [-0.39, 0.29) is 10.9 Å². The van der Waals surface area contributed by atoms with Crippen LogP contribution in [0, 0.1) is 0 Å². The summed E-state index contributed by atoms with van der Waals surface area (Å²) in [7, 11) is 3.31. The van der Waals surface area contributed by atoms with Crippen molar-refractivity contribution in [3.8, 4) is 0 Å². The van der Waals surface area contributed by atoms with Crippen LogP contribution in [0.2, 0.25) is 0 Å². The van der Waals surface area contributed by atoms with Crippen molar-refractivity contribution in [2.24, 2.45) is 0 Å². The van der Waals surface area contributed by atoms with Crippen LogP contribution in [0.4, 0.5) is 9.93 Å². The number of quaternary nitrogens is 1. The summed E-state index contributed by atoms with van der Waals surface area (Å²) in [6.45, 7) is 2.03. The van der Waals surface area contributed by atoms with Gasteiger partial charge in [0.25, 0.3) is 5.13 Å². The standard InChI is InChI=1S/C10H14N2O4S/c1-4-16-10(15)12(2,3)9-11-7(6-17-9)5-8(13)14/h6H,4-5H2,1-3H3/p+1. The number of amides is 1. The number of hydrogen-bond donors (Lipinski definition) is 1. The molecule has 0 aliphatic carbocycles. The molecule has 0 saturated carbocycles. The molecular formula is C10H15N2O4S+. The molecule has 0 aliphatic heterocycles. The molecule has 0 unspecified atom stereocenters. The summed E-state index contributed by atoms with van der Waals surface area (Å²) in [6, 6.07) is 0. The van der Waals surface area contributed by atoms with E-state index < -0.39 is 12.1 Å². The summed E-state index contributed by atoms with van der Waals surface area (Å²) in [5.41, 5.74) is 0.452. The van der Waals surface area contributed by atoms with Crippen LogP contribution in [0.5, 0.6) is 0 Å². The Kier molecular flexibility index (Phi) is 4.19. The first-order valence-electron chi connectivity index (χ1n) is 5.06. The molecular weight excluding hydrogens is 244 g/mol. The van der Waals surface area contributed by atoms with Crippen molar-refractivity contribution in [2.75, 3.05) is 20.7 Å². The van der Waals surface area contributed by atoms with Gasteiger partial charge < -0.3 is 9.84 Å². The predicted molar refractivity (Wildman–Crippen MR) is 64.1 cm³/mol. The van der Waals surface area contributed by atoms with Crippen molar-refractivity contribution in [1.29, 1.82) is 0 Å². The van der Waals surface area contributed by atoms with Crippen LogP contribution in [0.1, 0.15) is 12.6 Å². The highest BCUT2D eigenvalue weighted by atomic mass is 32.1. The van der Waals surface area contributed by atoms with E-state index >= 15 is 0 Å². The normalized spacial score (nSPS) is 11.2. The van der Waals surface area contributed by atoms with Crippen LogP contribution in [0.15, 0.2) is 5.38 Å². The molecule has 0 fully saturated rings. The van der Waals surface area contributed by atoms with E-state index in [4.69, 9.17) is 9.84 Å². The molecule has 0 aliphatic rings. The second-order valence-electron chi connectivity index (χ2n) is 3.84. The van der Waals surface area contributed by atoms with Crippen molar-refractivity contribution in [2.45, 2.75) is 13.3 Å². The fourth-order valence-corrected chi connectivity index (χ4v) is 2.04. The largest absolute Gasteiger partial charge is 0.522 e. The van der Waals surface area contributed by atoms with Gasteiger partial charge in [0, 0.05) is 5.38 Å². The lowest BCUT2D eigenvalue weighted by Crippen LogP contribution is -2.46. The molecule has 1 amide bonds. The van der Waals surface area contributed by atoms with Gasteiger partial charge in [-0.1, -0.05) is 11.3 Å². The summed E-state index contributed by atoms with van der Waals surface area (Å²) in [4.78, 5) is 26.4. The summed E-state index contributed by atoms with van der Waals surface area (Å²) in [5.74, 6) is -0.941. The molecule has 0 aromatic carbocycles. The quantitative estimate of drug-likeness (QED) is 0.829. The maximum absolute atomic E-state index is 11.7. The number of nitrogens with zero attached hydrogens (tertiary/aromatic N) is 2. The fourth-order valence-electron chi connectivity index (χ4n) is 1.15. The maximum atomic E-state index is 11.7. The third-order valence-electron chi connectivity index (χ3n) is 2.07. The number of carbonyl (C=O) groups is 2. The van der Waals surface area contributed by atoms with Crippen molar-refractivity contribution in [3.63, 3.8) is 0 Å². The lowest BCUT2D eigenvalue weighted by atomic mass is 10.3. The average molecular weight is 259 g/mol. The Labute approximate surface area is 103 Å². The molecule has 0 bridgehead atoms. The van der Waals surface area contributed by atoms with Crippen LogP contribution >= 0.6 is 11.3 Å². The van der Waals surface area contributed by atoms with E-state index in [2.05, 4.69) is 4.98 Å². The van der Waals surface area contributed by atoms with Gasteiger partial charge in [-0.05, 0) is 6.92 Å². The van der Waals surface area contributed by atoms with E-state index in [9.17, 15) is 9.59 Å². The number of ether oxygens (including phenoxy) is 1. The molecule has 17 heavy (non-hydrogen) atoms. The zero-order valence-corrected chi connectivity index (χ0v) is 10.8. The predicted octanol–water partition coefficient (Wildman–Crippen LogP) is 1.49. The Morgan fingerprint density at radius 1 is 1.53 bits per heavy atom. The summed E-state index contributed by atoms with van der Waals surface area (Å²) >= 11 is 1.25. The molecule has 0 spiro atoms. The zero-order chi connectivity index (χ0) is 13.1. The number of carboxylic acid groups (broad SMARTS) is 1. The Morgan fingerprint density at radius 2 is 2.18 bits per heavy atom. The van der Waals surface area contributed by atoms with E-state index in [1.807, 2.05) is 0 Å². The smallest absolute Gasteiger partial charge is 0.481 e. The lowest BCUT2D eigenvalue weighted by Gasteiger charge is -2.20. The van der Waals surface area contributed by atoms with Gasteiger partial charge in [-0.3, -0.25) is 4.79 Å². The van der Waals surface area contributed by atoms with Gasteiger partial charge in [0.2, 0.25) is 0 Å². The number of aliphatic carboxylic acids is 1. The van der Waals surface area contributed by atoms with Crippen LogP contribution in [0.25, 0.3) is 0 Å². The molecule has 7 heteroatoms. The highest BCUT2D eigenvalue weighted by Crippen LogP contribution is 2.25. The summed E-state index contributed by atoms with van der Waals surface area (Å²) in [5, 5.41) is 10.8. The summed E-state index contributed by atoms with van der Waals surface area (Å²) < 4.78 is 4.79. The third kappa shape index (κ3) is 3.24. The molecule has 94 valence electrons. The molecule has 0 atom stereocenters. The molecule has 1 aromatic rings. The first-order valence-corrected chi connectivity index (χ1v) is 5.94. The van der Waals surface area contributed by atoms with Crippen LogP contribution in [0.3, 0.4) is 0 Å². The van der Waals surface area contributed by atoms with E-state index in [1.54, 1.807) is 26.4 Å². The van der Waals surface area contributed by atoms with E-state index in [0.29, 0.717) is 17.4 Å². The van der Waals surface area contributed by atoms with Gasteiger partial charge in [0.15, 0.2) is 0 Å². The van der Waals surface area contributed by atoms with Crippen LogP contribution in [-0.4, -0.2) is 42.9 Å². The molecule has 1 heterocycles. The zero-order valence-electron chi connectivity index (χ0n) is 9.97. The number of rotatable bonds is 4. The third-order valence-corrected chi connectivity index (χ3v) is 3.22. The van der Waals surface area contributed by atoms with E-state index in [0.717, 1.165) is 0 Å². The second-order valence-corrected chi connectivity index (χ2v) is 4.68. The Morgan fingerprint density at radius 3 is 2.71 bits per heavy atom. The molecule has 6 nitrogen and oxygen atoms in total. The van der Waals surface area contributed by atoms with Crippen molar-refractivity contribution >= 4 is 28.5 Å². The maximum Gasteiger partial charge on any atom is 0.522 e. The number of thiazole rings is 1. The molecule has 0 radical (unpaired) electrons. The van der Waals surface area contributed by atoms with E-state index in [1.165, 1.54) is 11.3 Å². The van der Waals surface area contributed by atoms with Crippen LogP contribution in [-0.2, 0) is 16.0 Å². The number of aromatic nitrogens is 1. The van der Waals surface area contributed by atoms with Crippen LogP contribution < -0.4 is 4.48 Å². The van der Waals surface area contributed by atoms with Crippen molar-refractivity contribution < 1.29 is 19.4 Å². The Bertz CT molecular complexity index is 428. The van der Waals surface area contributed by atoms with Gasteiger partial charge >= 0.3 is 12.1 Å². The van der Waals surface area contributed by atoms with Gasteiger partial charge in [-0.2, -0.15) is 14.3 Å². The Hall–Kier alpha value is -1.47. The van der Waals surface area contributed by atoms with Gasteiger partial charge in [0.1, 0.15) is 0 Å². The van der Waals surface area contributed by atoms with Gasteiger partial charge in [0.05, 0.1) is 32.8 Å². The highest BCUT2D eigenvalue weighted by Gasteiger charge is 2.34. The molecule has 0 saturated heterocycles. The highest BCUT2D eigenvalue weighted by molar-refractivity contribution is 7.13. The van der Waals surface area contributed by atoms with Gasteiger partial charge in [-0.15, -0.1) is 0 Å². The Balaban J connectivity index is 2.88.